The number of rotatable bonds is 5. The number of nitrogens with zero attached hydrogens (tertiary/aromatic N) is 2. The fourth-order valence-corrected chi connectivity index (χ4v) is 2.25. The first-order valence-electron chi connectivity index (χ1n) is 6.20. The summed E-state index contributed by atoms with van der Waals surface area (Å²) >= 11 is 3.35. The van der Waals surface area contributed by atoms with E-state index in [1.165, 1.54) is 0 Å². The lowest BCUT2D eigenvalue weighted by atomic mass is 10.1. The number of imidazole rings is 1. The van der Waals surface area contributed by atoms with E-state index in [2.05, 4.69) is 26.2 Å². The number of carbonyl (C=O) groups is 1. The molecule has 0 spiro atoms. The number of aromatic nitrogens is 2. The highest BCUT2D eigenvalue weighted by molar-refractivity contribution is 9.10. The number of methoxy groups -OCH3 is 1. The summed E-state index contributed by atoms with van der Waals surface area (Å²) in [7, 11) is 1.55. The van der Waals surface area contributed by atoms with Gasteiger partial charge in [0, 0.05) is 29.5 Å². The molecule has 20 heavy (non-hydrogen) atoms. The Balaban J connectivity index is 2.04. The van der Waals surface area contributed by atoms with Crippen molar-refractivity contribution in [2.24, 2.45) is 0 Å². The average molecular weight is 338 g/mol. The van der Waals surface area contributed by atoms with Crippen molar-refractivity contribution in [2.75, 3.05) is 7.11 Å². The largest absolute Gasteiger partial charge is 0.496 e. The number of ether oxygens (including phenoxy) is 1. The molecule has 2 aromatic rings. The molecule has 5 nitrogen and oxygen atoms in total. The van der Waals surface area contributed by atoms with Crippen molar-refractivity contribution in [3.8, 4) is 5.75 Å². The molecular formula is C14H16BrN3O2. The first-order chi connectivity index (χ1) is 9.60. The lowest BCUT2D eigenvalue weighted by Crippen LogP contribution is -2.35. The summed E-state index contributed by atoms with van der Waals surface area (Å²) in [6.07, 6.45) is 5.30. The number of hydrogen-bond acceptors (Lipinski definition) is 3. The fourth-order valence-electron chi connectivity index (χ4n) is 1.91. The van der Waals surface area contributed by atoms with Gasteiger partial charge in [-0.3, -0.25) is 4.79 Å². The second-order valence-electron chi connectivity index (χ2n) is 4.48. The van der Waals surface area contributed by atoms with Crippen LogP contribution < -0.4 is 10.1 Å². The van der Waals surface area contributed by atoms with Crippen molar-refractivity contribution in [3.05, 3.63) is 47.0 Å². The average Bonchev–Trinajstić information content (AvgIpc) is 2.90. The van der Waals surface area contributed by atoms with Gasteiger partial charge in [-0.15, -0.1) is 0 Å². The quantitative estimate of drug-likeness (QED) is 0.911. The molecular weight excluding hydrogens is 322 g/mol. The topological polar surface area (TPSA) is 56.1 Å². The molecule has 0 radical (unpaired) electrons. The van der Waals surface area contributed by atoms with Crippen LogP contribution in [0.5, 0.6) is 5.75 Å². The molecule has 1 heterocycles. The third-order valence-corrected chi connectivity index (χ3v) is 3.32. The Hall–Kier alpha value is -1.82. The fraction of sp³-hybridized carbons (Fsp3) is 0.286. The van der Waals surface area contributed by atoms with E-state index < -0.39 is 0 Å². The third kappa shape index (κ3) is 3.60. The van der Waals surface area contributed by atoms with Crippen LogP contribution in [0.1, 0.15) is 17.3 Å². The Morgan fingerprint density at radius 2 is 2.35 bits per heavy atom. The highest BCUT2D eigenvalue weighted by Gasteiger charge is 2.15. The summed E-state index contributed by atoms with van der Waals surface area (Å²) in [5, 5.41) is 2.95. The molecule has 0 aliphatic carbocycles. The molecule has 1 unspecified atom stereocenters. The Morgan fingerprint density at radius 3 is 3.00 bits per heavy atom. The SMILES string of the molecule is COc1cc(Br)ccc1C(=O)NC(C)Cn1ccnc1. The summed E-state index contributed by atoms with van der Waals surface area (Å²) in [5.74, 6) is 0.397. The van der Waals surface area contributed by atoms with Crippen LogP contribution in [0.4, 0.5) is 0 Å². The van der Waals surface area contributed by atoms with Crippen molar-refractivity contribution in [2.45, 2.75) is 19.5 Å². The highest BCUT2D eigenvalue weighted by Crippen LogP contribution is 2.23. The molecule has 106 valence electrons. The molecule has 1 N–H and O–H groups in total. The van der Waals surface area contributed by atoms with Gasteiger partial charge in [0.25, 0.3) is 5.91 Å². The minimum Gasteiger partial charge on any atom is -0.496 e. The van der Waals surface area contributed by atoms with Gasteiger partial charge >= 0.3 is 0 Å². The van der Waals surface area contributed by atoms with Gasteiger partial charge in [0.1, 0.15) is 5.75 Å². The Kier molecular flexibility index (Phi) is 4.79. The van der Waals surface area contributed by atoms with Crippen molar-refractivity contribution in [1.29, 1.82) is 0 Å². The van der Waals surface area contributed by atoms with Gasteiger partial charge in [-0.25, -0.2) is 4.98 Å². The van der Waals surface area contributed by atoms with E-state index >= 15 is 0 Å². The van der Waals surface area contributed by atoms with Crippen LogP contribution in [-0.2, 0) is 6.54 Å². The Morgan fingerprint density at radius 1 is 1.55 bits per heavy atom. The molecule has 0 saturated heterocycles. The zero-order chi connectivity index (χ0) is 14.5. The van der Waals surface area contributed by atoms with E-state index in [-0.39, 0.29) is 11.9 Å². The van der Waals surface area contributed by atoms with Gasteiger partial charge in [-0.05, 0) is 25.1 Å². The molecule has 6 heteroatoms. The second-order valence-corrected chi connectivity index (χ2v) is 5.39. The van der Waals surface area contributed by atoms with Gasteiger partial charge in [0.05, 0.1) is 19.0 Å². The standard InChI is InChI=1S/C14H16BrN3O2/c1-10(8-18-6-5-16-9-18)17-14(19)12-4-3-11(15)7-13(12)20-2/h3-7,9-10H,8H2,1-2H3,(H,17,19). The minimum absolute atomic E-state index is 0.00921. The van der Waals surface area contributed by atoms with E-state index in [0.29, 0.717) is 17.9 Å². The zero-order valence-corrected chi connectivity index (χ0v) is 12.9. The molecule has 0 aliphatic heterocycles. The Labute approximate surface area is 126 Å². The van der Waals surface area contributed by atoms with Crippen molar-refractivity contribution >= 4 is 21.8 Å². The van der Waals surface area contributed by atoms with Crippen molar-refractivity contribution in [3.63, 3.8) is 0 Å². The molecule has 0 bridgehead atoms. The van der Waals surface area contributed by atoms with Crippen molar-refractivity contribution < 1.29 is 9.53 Å². The summed E-state index contributed by atoms with van der Waals surface area (Å²) in [4.78, 5) is 16.2. The van der Waals surface area contributed by atoms with Crippen LogP contribution in [0.3, 0.4) is 0 Å². The summed E-state index contributed by atoms with van der Waals surface area (Å²) in [5.41, 5.74) is 0.521. The maximum atomic E-state index is 12.2. The highest BCUT2D eigenvalue weighted by atomic mass is 79.9. The van der Waals surface area contributed by atoms with E-state index in [9.17, 15) is 4.79 Å². The monoisotopic (exact) mass is 337 g/mol. The lowest BCUT2D eigenvalue weighted by molar-refractivity contribution is 0.0933. The predicted octanol–water partition coefficient (Wildman–Crippen LogP) is 2.47. The van der Waals surface area contributed by atoms with Gasteiger partial charge in [-0.1, -0.05) is 15.9 Å². The lowest BCUT2D eigenvalue weighted by Gasteiger charge is -2.16. The molecule has 2 rings (SSSR count). The Bertz CT molecular complexity index is 584. The number of hydrogen-bond donors (Lipinski definition) is 1. The maximum absolute atomic E-state index is 12.2. The summed E-state index contributed by atoms with van der Waals surface area (Å²) in [6.45, 7) is 2.62. The second kappa shape index (κ2) is 6.56. The van der Waals surface area contributed by atoms with E-state index in [1.54, 1.807) is 31.8 Å². The maximum Gasteiger partial charge on any atom is 0.255 e. The third-order valence-electron chi connectivity index (χ3n) is 2.83. The van der Waals surface area contributed by atoms with Crippen LogP contribution in [0.15, 0.2) is 41.4 Å². The van der Waals surface area contributed by atoms with Gasteiger partial charge in [0.15, 0.2) is 0 Å². The van der Waals surface area contributed by atoms with E-state index in [4.69, 9.17) is 4.74 Å². The van der Waals surface area contributed by atoms with Crippen LogP contribution >= 0.6 is 15.9 Å². The molecule has 0 aliphatic rings. The molecule has 0 fully saturated rings. The predicted molar refractivity (Wildman–Crippen MR) is 79.8 cm³/mol. The number of carbonyl (C=O) groups excluding carboxylic acids is 1. The van der Waals surface area contributed by atoms with Gasteiger partial charge in [0.2, 0.25) is 0 Å². The van der Waals surface area contributed by atoms with Gasteiger partial charge in [-0.2, -0.15) is 0 Å². The molecule has 1 aromatic carbocycles. The van der Waals surface area contributed by atoms with Crippen LogP contribution in [0, 0.1) is 0 Å². The molecule has 1 amide bonds. The van der Waals surface area contributed by atoms with E-state index in [1.807, 2.05) is 23.8 Å². The summed E-state index contributed by atoms with van der Waals surface area (Å²) < 4.78 is 8.02. The molecule has 0 saturated carbocycles. The zero-order valence-electron chi connectivity index (χ0n) is 11.3. The molecule has 1 aromatic heterocycles. The smallest absolute Gasteiger partial charge is 0.255 e. The first-order valence-corrected chi connectivity index (χ1v) is 6.99. The number of benzene rings is 1. The summed E-state index contributed by atoms with van der Waals surface area (Å²) in [6, 6.07) is 5.32. The minimum atomic E-state index is -0.151. The first kappa shape index (κ1) is 14.6. The van der Waals surface area contributed by atoms with E-state index in [0.717, 1.165) is 4.47 Å². The number of nitrogens with one attached hydrogen (secondary N) is 1. The van der Waals surface area contributed by atoms with Crippen LogP contribution in [-0.4, -0.2) is 28.6 Å². The number of amides is 1. The van der Waals surface area contributed by atoms with Crippen LogP contribution in [0.25, 0.3) is 0 Å². The normalized spacial score (nSPS) is 11.9. The number of halogens is 1. The van der Waals surface area contributed by atoms with Crippen molar-refractivity contribution in [1.82, 2.24) is 14.9 Å². The molecule has 1 atom stereocenters. The van der Waals surface area contributed by atoms with Crippen LogP contribution in [0.2, 0.25) is 0 Å². The van der Waals surface area contributed by atoms with Gasteiger partial charge < -0.3 is 14.6 Å².